The molecule has 4 rings (SSSR count). The van der Waals surface area contributed by atoms with Crippen molar-refractivity contribution in [1.82, 2.24) is 9.62 Å². The lowest BCUT2D eigenvalue weighted by atomic mass is 10.2. The summed E-state index contributed by atoms with van der Waals surface area (Å²) in [6.07, 6.45) is 0.275. The maximum atomic E-state index is 13.1. The first kappa shape index (κ1) is 22.8. The van der Waals surface area contributed by atoms with Crippen LogP contribution in [0.4, 0.5) is 5.69 Å². The van der Waals surface area contributed by atoms with Crippen LogP contribution in [0.3, 0.4) is 0 Å². The molecule has 170 valence electrons. The number of anilines is 1. The molecule has 0 spiro atoms. The minimum atomic E-state index is -3.72. The van der Waals surface area contributed by atoms with E-state index in [4.69, 9.17) is 4.74 Å². The quantitative estimate of drug-likeness (QED) is 0.685. The molecule has 0 saturated carbocycles. The first-order valence-corrected chi connectivity index (χ1v) is 12.8. The molecule has 2 amide bonds. The van der Waals surface area contributed by atoms with E-state index in [-0.39, 0.29) is 29.7 Å². The van der Waals surface area contributed by atoms with Gasteiger partial charge in [-0.3, -0.25) is 9.59 Å². The van der Waals surface area contributed by atoms with Crippen molar-refractivity contribution in [1.29, 1.82) is 0 Å². The number of amides is 2. The molecule has 32 heavy (non-hydrogen) atoms. The zero-order valence-electron chi connectivity index (χ0n) is 17.5. The Hall–Kier alpha value is -2.40. The number of morpholine rings is 1. The number of hydrogen-bond donors (Lipinski definition) is 1. The Morgan fingerprint density at radius 3 is 2.59 bits per heavy atom. The number of fused-ring (bicyclic) bond motifs is 1. The highest BCUT2D eigenvalue weighted by Gasteiger charge is 2.30. The third kappa shape index (κ3) is 5.15. The average Bonchev–Trinajstić information content (AvgIpc) is 2.97. The monoisotopic (exact) mass is 475 g/mol. The lowest BCUT2D eigenvalue weighted by Gasteiger charge is -2.27. The topological polar surface area (TPSA) is 96.0 Å². The summed E-state index contributed by atoms with van der Waals surface area (Å²) < 4.78 is 32.9. The number of hydrogen-bond acceptors (Lipinski definition) is 6. The van der Waals surface area contributed by atoms with Gasteiger partial charge in [-0.2, -0.15) is 4.31 Å². The highest BCUT2D eigenvalue weighted by atomic mass is 32.2. The molecule has 0 radical (unpaired) electrons. The number of thioether (sulfide) groups is 1. The fraction of sp³-hybridized carbons (Fsp3) is 0.364. The van der Waals surface area contributed by atoms with Crippen LogP contribution in [0.15, 0.2) is 58.3 Å². The van der Waals surface area contributed by atoms with Crippen molar-refractivity contribution in [3.8, 4) is 0 Å². The number of sulfonamides is 1. The van der Waals surface area contributed by atoms with Crippen molar-refractivity contribution >= 4 is 39.3 Å². The summed E-state index contributed by atoms with van der Waals surface area (Å²) in [6.45, 7) is 1.48. The van der Waals surface area contributed by atoms with Crippen molar-refractivity contribution < 1.29 is 22.7 Å². The summed E-state index contributed by atoms with van der Waals surface area (Å²) in [5.41, 5.74) is 1.42. The van der Waals surface area contributed by atoms with E-state index in [1.54, 1.807) is 12.1 Å². The molecule has 0 bridgehead atoms. The normalized spacial score (nSPS) is 17.5. The molecule has 8 nitrogen and oxygen atoms in total. The predicted molar refractivity (Wildman–Crippen MR) is 122 cm³/mol. The van der Waals surface area contributed by atoms with Gasteiger partial charge in [-0.25, -0.2) is 8.42 Å². The van der Waals surface area contributed by atoms with Crippen LogP contribution in [0.2, 0.25) is 0 Å². The Balaban J connectivity index is 1.56. The number of carbonyl (C=O) groups excluding carboxylic acids is 2. The lowest BCUT2D eigenvalue weighted by molar-refractivity contribution is -0.123. The largest absolute Gasteiger partial charge is 0.379 e. The van der Waals surface area contributed by atoms with Gasteiger partial charge in [0.15, 0.2) is 0 Å². The molecule has 0 atom stereocenters. The summed E-state index contributed by atoms with van der Waals surface area (Å²) in [6, 6.07) is 14.3. The molecule has 2 aromatic rings. The minimum Gasteiger partial charge on any atom is -0.379 e. The van der Waals surface area contributed by atoms with E-state index in [2.05, 4.69) is 5.32 Å². The van der Waals surface area contributed by atoms with Crippen LogP contribution in [0, 0.1) is 0 Å². The number of carbonyl (C=O) groups is 2. The second-order valence-electron chi connectivity index (χ2n) is 7.49. The van der Waals surface area contributed by atoms with Crippen LogP contribution in [0.1, 0.15) is 12.0 Å². The number of benzene rings is 2. The van der Waals surface area contributed by atoms with E-state index in [1.165, 1.54) is 27.0 Å². The van der Waals surface area contributed by atoms with Crippen LogP contribution < -0.4 is 10.2 Å². The highest BCUT2D eigenvalue weighted by molar-refractivity contribution is 7.99. The first-order chi connectivity index (χ1) is 15.4. The Kier molecular flexibility index (Phi) is 7.14. The van der Waals surface area contributed by atoms with Gasteiger partial charge in [0, 0.05) is 36.7 Å². The lowest BCUT2D eigenvalue weighted by Crippen LogP contribution is -2.41. The smallest absolute Gasteiger partial charge is 0.243 e. The second-order valence-corrected chi connectivity index (χ2v) is 10.6. The fourth-order valence-corrected chi connectivity index (χ4v) is 6.02. The van der Waals surface area contributed by atoms with E-state index in [0.29, 0.717) is 44.3 Å². The van der Waals surface area contributed by atoms with Crippen molar-refractivity contribution in [2.45, 2.75) is 22.8 Å². The summed E-state index contributed by atoms with van der Waals surface area (Å²) in [7, 11) is -3.72. The van der Waals surface area contributed by atoms with Crippen molar-refractivity contribution in [2.24, 2.45) is 0 Å². The third-order valence-electron chi connectivity index (χ3n) is 5.34. The summed E-state index contributed by atoms with van der Waals surface area (Å²) in [5, 5.41) is 2.83. The Morgan fingerprint density at radius 1 is 1.09 bits per heavy atom. The maximum absolute atomic E-state index is 13.1. The zero-order chi connectivity index (χ0) is 22.6. The van der Waals surface area contributed by atoms with Crippen molar-refractivity contribution in [2.75, 3.05) is 43.5 Å². The molecule has 2 heterocycles. The molecular formula is C22H25N3O5S2. The Bertz CT molecular complexity index is 1090. The number of nitrogens with one attached hydrogen (secondary N) is 1. The van der Waals surface area contributed by atoms with Gasteiger partial charge >= 0.3 is 0 Å². The number of ether oxygens (including phenoxy) is 1. The Morgan fingerprint density at radius 2 is 1.84 bits per heavy atom. The van der Waals surface area contributed by atoms with Crippen molar-refractivity contribution in [3.63, 3.8) is 0 Å². The maximum Gasteiger partial charge on any atom is 0.243 e. The van der Waals surface area contributed by atoms with Crippen LogP contribution in [0.25, 0.3) is 0 Å². The predicted octanol–water partition coefficient (Wildman–Crippen LogP) is 1.85. The molecule has 2 aliphatic rings. The second kappa shape index (κ2) is 10.0. The van der Waals surface area contributed by atoms with Gasteiger partial charge in [0.05, 0.1) is 23.8 Å². The Labute approximate surface area is 192 Å². The molecule has 1 fully saturated rings. The molecule has 1 N–H and O–H groups in total. The molecule has 2 aromatic carbocycles. The van der Waals surface area contributed by atoms with E-state index in [9.17, 15) is 18.0 Å². The molecular weight excluding hydrogens is 450 g/mol. The van der Waals surface area contributed by atoms with Gasteiger partial charge in [0.1, 0.15) is 6.54 Å². The van der Waals surface area contributed by atoms with Crippen LogP contribution in [-0.4, -0.2) is 63.1 Å². The molecule has 0 unspecified atom stereocenters. The molecule has 10 heteroatoms. The van der Waals surface area contributed by atoms with E-state index < -0.39 is 10.0 Å². The van der Waals surface area contributed by atoms with Crippen LogP contribution in [-0.2, 0) is 30.9 Å². The number of rotatable bonds is 6. The highest BCUT2D eigenvalue weighted by Crippen LogP contribution is 2.36. The standard InChI is InChI=1S/C22H25N3O5S2/c26-21(23-15-17-4-2-1-3-5-17)16-25-19-14-18(6-7-20(19)31-13-8-22(25)27)32(28,29)24-9-11-30-12-10-24/h1-7,14H,8-13,15-16H2,(H,23,26). The molecule has 0 aliphatic carbocycles. The van der Waals surface area contributed by atoms with E-state index >= 15 is 0 Å². The van der Waals surface area contributed by atoms with Gasteiger partial charge in [-0.15, -0.1) is 11.8 Å². The zero-order valence-corrected chi connectivity index (χ0v) is 19.2. The van der Waals surface area contributed by atoms with Crippen molar-refractivity contribution in [3.05, 3.63) is 54.1 Å². The molecule has 2 aliphatic heterocycles. The van der Waals surface area contributed by atoms with Crippen LogP contribution >= 0.6 is 11.8 Å². The van der Waals surface area contributed by atoms with Gasteiger partial charge in [0.25, 0.3) is 0 Å². The minimum absolute atomic E-state index is 0.114. The average molecular weight is 476 g/mol. The van der Waals surface area contributed by atoms with Gasteiger partial charge in [-0.1, -0.05) is 30.3 Å². The molecule has 0 aromatic heterocycles. The summed E-state index contributed by atoms with van der Waals surface area (Å²) in [4.78, 5) is 27.7. The third-order valence-corrected chi connectivity index (χ3v) is 8.30. The van der Waals surface area contributed by atoms with Gasteiger partial charge in [-0.05, 0) is 23.8 Å². The summed E-state index contributed by atoms with van der Waals surface area (Å²) in [5.74, 6) is 0.0669. The molecule has 1 saturated heterocycles. The number of nitrogens with zero attached hydrogens (tertiary/aromatic N) is 2. The SMILES string of the molecule is O=C(CN1C(=O)CCSc2ccc(S(=O)(=O)N3CCOCC3)cc21)NCc1ccccc1. The van der Waals surface area contributed by atoms with Crippen LogP contribution in [0.5, 0.6) is 0 Å². The summed E-state index contributed by atoms with van der Waals surface area (Å²) >= 11 is 1.49. The first-order valence-electron chi connectivity index (χ1n) is 10.4. The van der Waals surface area contributed by atoms with Gasteiger partial charge in [0.2, 0.25) is 21.8 Å². The van der Waals surface area contributed by atoms with Gasteiger partial charge < -0.3 is 15.0 Å². The van der Waals surface area contributed by atoms with E-state index in [0.717, 1.165) is 10.5 Å². The van der Waals surface area contributed by atoms with E-state index in [1.807, 2.05) is 30.3 Å². The fourth-order valence-electron chi connectivity index (χ4n) is 3.61.